The number of hydrogen-bond acceptors (Lipinski definition) is 3. The van der Waals surface area contributed by atoms with Crippen LogP contribution in [0, 0.1) is 13.8 Å². The number of ether oxygens (including phenoxy) is 1. The molecule has 0 spiro atoms. The molecule has 0 radical (unpaired) electrons. The standard InChI is InChI=1S/C16H19NO2S/c1-11-9-15(12(2)17(11)3)16(18)10-20-14-7-5-13(19-4)6-8-14/h5-9H,10H2,1-4H3. The molecule has 0 aliphatic rings. The first kappa shape index (κ1) is 14.7. The molecular formula is C16H19NO2S. The van der Waals surface area contributed by atoms with E-state index in [0.29, 0.717) is 5.75 Å². The molecule has 0 aliphatic heterocycles. The van der Waals surface area contributed by atoms with Crippen LogP contribution in [-0.4, -0.2) is 23.2 Å². The van der Waals surface area contributed by atoms with Crippen LogP contribution in [0.2, 0.25) is 0 Å². The summed E-state index contributed by atoms with van der Waals surface area (Å²) in [7, 11) is 3.63. The Balaban J connectivity index is 2.02. The van der Waals surface area contributed by atoms with Crippen molar-refractivity contribution in [2.75, 3.05) is 12.9 Å². The second-order valence-electron chi connectivity index (χ2n) is 4.73. The molecule has 3 nitrogen and oxygen atoms in total. The van der Waals surface area contributed by atoms with Crippen molar-refractivity contribution >= 4 is 17.5 Å². The molecule has 4 heteroatoms. The largest absolute Gasteiger partial charge is 0.497 e. The second-order valence-corrected chi connectivity index (χ2v) is 5.78. The van der Waals surface area contributed by atoms with Crippen LogP contribution in [0.1, 0.15) is 21.7 Å². The van der Waals surface area contributed by atoms with Crippen molar-refractivity contribution in [1.82, 2.24) is 4.57 Å². The lowest BCUT2D eigenvalue weighted by molar-refractivity contribution is 0.102. The Hall–Kier alpha value is -1.68. The van der Waals surface area contributed by atoms with E-state index in [9.17, 15) is 4.79 Å². The zero-order valence-electron chi connectivity index (χ0n) is 12.3. The number of methoxy groups -OCH3 is 1. The topological polar surface area (TPSA) is 31.2 Å². The summed E-state index contributed by atoms with van der Waals surface area (Å²) in [6.07, 6.45) is 0. The molecule has 106 valence electrons. The molecule has 2 rings (SSSR count). The minimum Gasteiger partial charge on any atom is -0.497 e. The Morgan fingerprint density at radius 2 is 1.90 bits per heavy atom. The number of rotatable bonds is 5. The van der Waals surface area contributed by atoms with E-state index < -0.39 is 0 Å². The van der Waals surface area contributed by atoms with Crippen LogP contribution in [0.4, 0.5) is 0 Å². The highest BCUT2D eigenvalue weighted by Gasteiger charge is 2.14. The number of thioether (sulfide) groups is 1. The molecule has 0 bridgehead atoms. The van der Waals surface area contributed by atoms with E-state index in [4.69, 9.17) is 4.74 Å². The Labute approximate surface area is 123 Å². The number of Topliss-reactive ketones (excluding diaryl/α,β-unsaturated/α-hetero) is 1. The average molecular weight is 289 g/mol. The van der Waals surface area contributed by atoms with E-state index >= 15 is 0 Å². The van der Waals surface area contributed by atoms with E-state index in [-0.39, 0.29) is 5.78 Å². The number of ketones is 1. The van der Waals surface area contributed by atoms with Gasteiger partial charge in [0, 0.05) is 28.9 Å². The molecule has 20 heavy (non-hydrogen) atoms. The van der Waals surface area contributed by atoms with Crippen LogP contribution in [0.15, 0.2) is 35.2 Å². The molecule has 0 saturated carbocycles. The second kappa shape index (κ2) is 6.18. The first-order valence-corrected chi connectivity index (χ1v) is 7.44. The maximum absolute atomic E-state index is 12.3. The predicted octanol–water partition coefficient (Wildman–Crippen LogP) is 3.63. The molecule has 0 saturated heterocycles. The number of nitrogens with zero attached hydrogens (tertiary/aromatic N) is 1. The SMILES string of the molecule is COc1ccc(SCC(=O)c2cc(C)n(C)c2C)cc1. The lowest BCUT2D eigenvalue weighted by Gasteiger charge is -2.04. The van der Waals surface area contributed by atoms with Gasteiger partial charge < -0.3 is 9.30 Å². The van der Waals surface area contributed by atoms with Crippen molar-refractivity contribution in [1.29, 1.82) is 0 Å². The normalized spacial score (nSPS) is 10.6. The lowest BCUT2D eigenvalue weighted by atomic mass is 10.2. The molecule has 1 aromatic carbocycles. The highest BCUT2D eigenvalue weighted by atomic mass is 32.2. The number of aryl methyl sites for hydroxylation is 1. The van der Waals surface area contributed by atoms with Crippen LogP contribution in [0.5, 0.6) is 5.75 Å². The fourth-order valence-electron chi connectivity index (χ4n) is 2.04. The molecular weight excluding hydrogens is 270 g/mol. The van der Waals surface area contributed by atoms with Crippen molar-refractivity contribution in [2.24, 2.45) is 7.05 Å². The Morgan fingerprint density at radius 3 is 2.40 bits per heavy atom. The van der Waals surface area contributed by atoms with Gasteiger partial charge in [-0.15, -0.1) is 11.8 Å². The summed E-state index contributed by atoms with van der Waals surface area (Å²) in [5.41, 5.74) is 2.97. The van der Waals surface area contributed by atoms with Gasteiger partial charge in [0.25, 0.3) is 0 Å². The van der Waals surface area contributed by atoms with E-state index in [1.807, 2.05) is 55.8 Å². The summed E-state index contributed by atoms with van der Waals surface area (Å²) in [5, 5.41) is 0. The molecule has 0 N–H and O–H groups in total. The summed E-state index contributed by atoms with van der Waals surface area (Å²) < 4.78 is 7.16. The smallest absolute Gasteiger partial charge is 0.174 e. The van der Waals surface area contributed by atoms with Crippen molar-refractivity contribution in [3.05, 3.63) is 47.3 Å². The molecule has 0 atom stereocenters. The molecule has 0 aliphatic carbocycles. The van der Waals surface area contributed by atoms with Crippen LogP contribution < -0.4 is 4.74 Å². The third-order valence-corrected chi connectivity index (χ3v) is 4.52. The summed E-state index contributed by atoms with van der Waals surface area (Å²) in [6, 6.07) is 9.72. The number of benzene rings is 1. The molecule has 0 amide bonds. The Kier molecular flexibility index (Phi) is 4.55. The third-order valence-electron chi connectivity index (χ3n) is 3.50. The third kappa shape index (κ3) is 3.07. The average Bonchev–Trinajstić information content (AvgIpc) is 2.73. The van der Waals surface area contributed by atoms with E-state index in [2.05, 4.69) is 0 Å². The first-order valence-electron chi connectivity index (χ1n) is 6.46. The number of carbonyl (C=O) groups is 1. The van der Waals surface area contributed by atoms with Gasteiger partial charge in [0.05, 0.1) is 12.9 Å². The van der Waals surface area contributed by atoms with Crippen molar-refractivity contribution < 1.29 is 9.53 Å². The summed E-state index contributed by atoms with van der Waals surface area (Å²) in [5.74, 6) is 1.46. The van der Waals surface area contributed by atoms with E-state index in [0.717, 1.165) is 27.6 Å². The van der Waals surface area contributed by atoms with Crippen molar-refractivity contribution in [2.45, 2.75) is 18.7 Å². The zero-order chi connectivity index (χ0) is 14.7. The summed E-state index contributed by atoms with van der Waals surface area (Å²) >= 11 is 1.55. The minimum absolute atomic E-state index is 0.173. The molecule has 0 fully saturated rings. The van der Waals surface area contributed by atoms with Crippen LogP contribution >= 0.6 is 11.8 Å². The van der Waals surface area contributed by atoms with Gasteiger partial charge >= 0.3 is 0 Å². The number of hydrogen-bond donors (Lipinski definition) is 0. The molecule has 1 heterocycles. The van der Waals surface area contributed by atoms with Crippen LogP contribution in [0.25, 0.3) is 0 Å². The maximum atomic E-state index is 12.3. The Morgan fingerprint density at radius 1 is 1.25 bits per heavy atom. The summed E-state index contributed by atoms with van der Waals surface area (Å²) in [4.78, 5) is 13.3. The van der Waals surface area contributed by atoms with Crippen LogP contribution in [0.3, 0.4) is 0 Å². The van der Waals surface area contributed by atoms with Gasteiger partial charge in [-0.25, -0.2) is 0 Å². The predicted molar refractivity (Wildman–Crippen MR) is 82.9 cm³/mol. The fourth-order valence-corrected chi connectivity index (χ4v) is 2.82. The highest BCUT2D eigenvalue weighted by molar-refractivity contribution is 8.00. The van der Waals surface area contributed by atoms with Gasteiger partial charge in [0.15, 0.2) is 5.78 Å². The van der Waals surface area contributed by atoms with Gasteiger partial charge in [0.1, 0.15) is 5.75 Å². The minimum atomic E-state index is 0.173. The maximum Gasteiger partial charge on any atom is 0.174 e. The molecule has 2 aromatic rings. The van der Waals surface area contributed by atoms with Gasteiger partial charge in [-0.1, -0.05) is 0 Å². The quantitative estimate of drug-likeness (QED) is 0.622. The molecule has 0 unspecified atom stereocenters. The van der Waals surface area contributed by atoms with Gasteiger partial charge in [0.2, 0.25) is 0 Å². The van der Waals surface area contributed by atoms with E-state index in [1.165, 1.54) is 0 Å². The Bertz CT molecular complexity index is 614. The zero-order valence-corrected chi connectivity index (χ0v) is 13.1. The van der Waals surface area contributed by atoms with Crippen LogP contribution in [-0.2, 0) is 7.05 Å². The van der Waals surface area contributed by atoms with Crippen molar-refractivity contribution in [3.63, 3.8) is 0 Å². The lowest BCUT2D eigenvalue weighted by Crippen LogP contribution is -2.04. The van der Waals surface area contributed by atoms with Gasteiger partial charge in [-0.3, -0.25) is 4.79 Å². The van der Waals surface area contributed by atoms with Crippen molar-refractivity contribution in [3.8, 4) is 5.75 Å². The number of aromatic nitrogens is 1. The highest BCUT2D eigenvalue weighted by Crippen LogP contribution is 2.23. The van der Waals surface area contributed by atoms with Gasteiger partial charge in [-0.05, 0) is 44.2 Å². The monoisotopic (exact) mass is 289 g/mol. The fraction of sp³-hybridized carbons (Fsp3) is 0.312. The molecule has 1 aromatic heterocycles. The number of carbonyl (C=O) groups excluding carboxylic acids is 1. The summed E-state index contributed by atoms with van der Waals surface area (Å²) in [6.45, 7) is 4.00. The first-order chi connectivity index (χ1) is 9.52. The van der Waals surface area contributed by atoms with E-state index in [1.54, 1.807) is 18.9 Å². The van der Waals surface area contributed by atoms with Gasteiger partial charge in [-0.2, -0.15) is 0 Å².